The van der Waals surface area contributed by atoms with Gasteiger partial charge in [0.05, 0.1) is 0 Å². The molecule has 1 N–H and O–H groups in total. The van der Waals surface area contributed by atoms with Crippen LogP contribution < -0.4 is 5.32 Å². The Morgan fingerprint density at radius 1 is 1.35 bits per heavy atom. The summed E-state index contributed by atoms with van der Waals surface area (Å²) in [7, 11) is 2.13. The van der Waals surface area contributed by atoms with E-state index in [9.17, 15) is 0 Å². The van der Waals surface area contributed by atoms with E-state index < -0.39 is 0 Å². The molecule has 0 saturated carbocycles. The molecule has 0 fully saturated rings. The Bertz CT molecular complexity index is 596. The lowest BCUT2D eigenvalue weighted by Gasteiger charge is -2.31. The number of hydrogen-bond donors (Lipinski definition) is 1. The molecule has 3 rings (SSSR count). The van der Waals surface area contributed by atoms with Crippen molar-refractivity contribution in [1.82, 2.24) is 9.88 Å². The second-order valence-electron chi connectivity index (χ2n) is 5.53. The number of rotatable bonds is 0. The minimum atomic E-state index is 0.181. The maximum atomic E-state index is 6.10. The van der Waals surface area contributed by atoms with Crippen molar-refractivity contribution in [2.24, 2.45) is 7.05 Å². The van der Waals surface area contributed by atoms with E-state index in [1.165, 1.54) is 22.2 Å². The molecule has 1 aliphatic rings. The summed E-state index contributed by atoms with van der Waals surface area (Å²) in [4.78, 5) is 0. The monoisotopic (exact) mass is 248 g/mol. The summed E-state index contributed by atoms with van der Waals surface area (Å²) in [5, 5.41) is 5.65. The topological polar surface area (TPSA) is 17.0 Å². The van der Waals surface area contributed by atoms with Crippen LogP contribution in [0.1, 0.15) is 25.1 Å². The van der Waals surface area contributed by atoms with E-state index >= 15 is 0 Å². The number of hydrogen-bond acceptors (Lipinski definition) is 1. The molecule has 1 aliphatic heterocycles. The molecule has 1 aromatic heterocycles. The molecule has 0 spiro atoms. The summed E-state index contributed by atoms with van der Waals surface area (Å²) >= 11 is 6.10. The highest BCUT2D eigenvalue weighted by Gasteiger charge is 2.32. The molecule has 17 heavy (non-hydrogen) atoms. The molecular weight excluding hydrogens is 232 g/mol. The van der Waals surface area contributed by atoms with Crippen LogP contribution in [0.15, 0.2) is 18.2 Å². The SMILES string of the molecule is Cn1c2c(c3ccc(Cl)cc31)C(C)(C)CNC2. The zero-order valence-electron chi connectivity index (χ0n) is 10.5. The average Bonchev–Trinajstić information content (AvgIpc) is 2.54. The molecule has 0 bridgehead atoms. The van der Waals surface area contributed by atoms with Gasteiger partial charge in [0.2, 0.25) is 0 Å². The Morgan fingerprint density at radius 2 is 2.12 bits per heavy atom. The van der Waals surface area contributed by atoms with Gasteiger partial charge in [-0.05, 0) is 17.7 Å². The molecule has 0 saturated heterocycles. The molecule has 0 atom stereocenters. The van der Waals surface area contributed by atoms with E-state index in [1.54, 1.807) is 0 Å². The van der Waals surface area contributed by atoms with Crippen LogP contribution in [0.3, 0.4) is 0 Å². The zero-order valence-corrected chi connectivity index (χ0v) is 11.2. The summed E-state index contributed by atoms with van der Waals surface area (Å²) in [6, 6.07) is 6.21. The molecule has 2 nitrogen and oxygen atoms in total. The molecule has 2 aromatic rings. The van der Waals surface area contributed by atoms with Gasteiger partial charge in [0.1, 0.15) is 0 Å². The molecule has 1 aromatic carbocycles. The summed E-state index contributed by atoms with van der Waals surface area (Å²) < 4.78 is 2.27. The summed E-state index contributed by atoms with van der Waals surface area (Å²) in [6.07, 6.45) is 0. The zero-order chi connectivity index (χ0) is 12.2. The first-order valence-corrected chi connectivity index (χ1v) is 6.36. The lowest BCUT2D eigenvalue weighted by Crippen LogP contribution is -2.38. The van der Waals surface area contributed by atoms with Gasteiger partial charge in [-0.3, -0.25) is 0 Å². The van der Waals surface area contributed by atoms with Crippen molar-refractivity contribution in [3.63, 3.8) is 0 Å². The van der Waals surface area contributed by atoms with E-state index in [4.69, 9.17) is 11.6 Å². The van der Waals surface area contributed by atoms with Crippen molar-refractivity contribution in [3.05, 3.63) is 34.5 Å². The average molecular weight is 249 g/mol. The maximum Gasteiger partial charge on any atom is 0.0498 e. The minimum Gasteiger partial charge on any atom is -0.346 e. The lowest BCUT2D eigenvalue weighted by atomic mass is 9.80. The first-order chi connectivity index (χ1) is 8.00. The predicted molar refractivity (Wildman–Crippen MR) is 72.7 cm³/mol. The Hall–Kier alpha value is -0.990. The van der Waals surface area contributed by atoms with Crippen LogP contribution in [0.2, 0.25) is 5.02 Å². The number of nitrogens with zero attached hydrogens (tertiary/aromatic N) is 1. The van der Waals surface area contributed by atoms with Gasteiger partial charge in [-0.25, -0.2) is 0 Å². The van der Waals surface area contributed by atoms with Gasteiger partial charge >= 0.3 is 0 Å². The first kappa shape index (κ1) is 11.1. The highest BCUT2D eigenvalue weighted by molar-refractivity contribution is 6.31. The molecule has 90 valence electrons. The van der Waals surface area contributed by atoms with Crippen molar-refractivity contribution in [2.45, 2.75) is 25.8 Å². The van der Waals surface area contributed by atoms with E-state index in [2.05, 4.69) is 42.9 Å². The van der Waals surface area contributed by atoms with Crippen molar-refractivity contribution in [3.8, 4) is 0 Å². The van der Waals surface area contributed by atoms with Crippen LogP contribution >= 0.6 is 11.6 Å². The third-order valence-electron chi connectivity index (χ3n) is 3.82. The van der Waals surface area contributed by atoms with Gasteiger partial charge < -0.3 is 9.88 Å². The van der Waals surface area contributed by atoms with Crippen LogP contribution in [0, 0.1) is 0 Å². The standard InChI is InChI=1S/C14H17ClN2/c1-14(2)8-16-7-12-13(14)10-5-4-9(15)6-11(10)17(12)3/h4-6,16H,7-8H2,1-3H3. The maximum absolute atomic E-state index is 6.10. The highest BCUT2D eigenvalue weighted by Crippen LogP contribution is 2.38. The van der Waals surface area contributed by atoms with Gasteiger partial charge in [-0.2, -0.15) is 0 Å². The number of halogens is 1. The van der Waals surface area contributed by atoms with Gasteiger partial charge in [0.15, 0.2) is 0 Å². The van der Waals surface area contributed by atoms with E-state index in [1.807, 2.05) is 6.07 Å². The Labute approximate surface area is 107 Å². The van der Waals surface area contributed by atoms with Crippen molar-refractivity contribution in [1.29, 1.82) is 0 Å². The van der Waals surface area contributed by atoms with E-state index in [0.717, 1.165) is 18.1 Å². The largest absolute Gasteiger partial charge is 0.346 e. The second kappa shape index (κ2) is 3.50. The van der Waals surface area contributed by atoms with Gasteiger partial charge in [0, 0.05) is 47.2 Å². The fourth-order valence-electron chi connectivity index (χ4n) is 3.01. The van der Waals surface area contributed by atoms with Gasteiger partial charge in [-0.15, -0.1) is 0 Å². The van der Waals surface area contributed by atoms with Crippen LogP contribution in [-0.2, 0) is 19.0 Å². The van der Waals surface area contributed by atoms with Crippen LogP contribution in [0.5, 0.6) is 0 Å². The van der Waals surface area contributed by atoms with Crippen molar-refractivity contribution < 1.29 is 0 Å². The quantitative estimate of drug-likeness (QED) is 0.758. The molecule has 3 heteroatoms. The predicted octanol–water partition coefficient (Wildman–Crippen LogP) is 3.21. The first-order valence-electron chi connectivity index (χ1n) is 5.99. The fourth-order valence-corrected chi connectivity index (χ4v) is 3.17. The normalized spacial score (nSPS) is 18.4. The lowest BCUT2D eigenvalue weighted by molar-refractivity contribution is 0.429. The van der Waals surface area contributed by atoms with Crippen molar-refractivity contribution >= 4 is 22.5 Å². The Morgan fingerprint density at radius 3 is 2.88 bits per heavy atom. The third-order valence-corrected chi connectivity index (χ3v) is 4.06. The molecular formula is C14H17ClN2. The smallest absolute Gasteiger partial charge is 0.0498 e. The molecule has 2 heterocycles. The fraction of sp³-hybridized carbons (Fsp3) is 0.429. The number of nitrogens with one attached hydrogen (secondary N) is 1. The highest BCUT2D eigenvalue weighted by atomic mass is 35.5. The molecule has 0 radical (unpaired) electrons. The van der Waals surface area contributed by atoms with Crippen molar-refractivity contribution in [2.75, 3.05) is 6.54 Å². The number of fused-ring (bicyclic) bond motifs is 3. The Kier molecular flexibility index (Phi) is 2.29. The summed E-state index contributed by atoms with van der Waals surface area (Å²) in [5.74, 6) is 0. The number of aryl methyl sites for hydroxylation is 1. The number of aromatic nitrogens is 1. The van der Waals surface area contributed by atoms with Crippen LogP contribution in [-0.4, -0.2) is 11.1 Å². The molecule has 0 unspecified atom stereocenters. The van der Waals surface area contributed by atoms with Gasteiger partial charge in [0.25, 0.3) is 0 Å². The molecule has 0 amide bonds. The van der Waals surface area contributed by atoms with E-state index in [0.29, 0.717) is 0 Å². The second-order valence-corrected chi connectivity index (χ2v) is 5.97. The van der Waals surface area contributed by atoms with Gasteiger partial charge in [-0.1, -0.05) is 31.5 Å². The Balaban J connectivity index is 2.42. The summed E-state index contributed by atoms with van der Waals surface area (Å²) in [5.41, 5.74) is 4.28. The van der Waals surface area contributed by atoms with Crippen LogP contribution in [0.25, 0.3) is 10.9 Å². The van der Waals surface area contributed by atoms with Crippen LogP contribution in [0.4, 0.5) is 0 Å². The molecule has 0 aliphatic carbocycles. The van der Waals surface area contributed by atoms with E-state index in [-0.39, 0.29) is 5.41 Å². The third kappa shape index (κ3) is 1.51. The minimum absolute atomic E-state index is 0.181. The number of benzene rings is 1. The summed E-state index contributed by atoms with van der Waals surface area (Å²) in [6.45, 7) is 6.57.